The molecular formula is C21H18N4O2. The third-order valence-corrected chi connectivity index (χ3v) is 4.71. The molecule has 134 valence electrons. The Morgan fingerprint density at radius 3 is 2.85 bits per heavy atom. The smallest absolute Gasteiger partial charge is 0.253 e. The summed E-state index contributed by atoms with van der Waals surface area (Å²) in [6.07, 6.45) is 6.97. The third-order valence-electron chi connectivity index (χ3n) is 4.71. The van der Waals surface area contributed by atoms with Gasteiger partial charge in [0.05, 0.1) is 31.0 Å². The van der Waals surface area contributed by atoms with Crippen molar-refractivity contribution in [3.8, 4) is 12.3 Å². The summed E-state index contributed by atoms with van der Waals surface area (Å²) in [5.74, 6) is 2.93. The molecule has 6 heteroatoms. The second kappa shape index (κ2) is 6.71. The Morgan fingerprint density at radius 2 is 2.11 bits per heavy atom. The van der Waals surface area contributed by atoms with Crippen LogP contribution in [-0.4, -0.2) is 27.8 Å². The van der Waals surface area contributed by atoms with Gasteiger partial charge in [-0.2, -0.15) is 0 Å². The molecule has 0 unspecified atom stereocenters. The Hall–Kier alpha value is -3.43. The second-order valence-corrected chi connectivity index (χ2v) is 6.52. The predicted octanol–water partition coefficient (Wildman–Crippen LogP) is 2.50. The SMILES string of the molecule is C#Cc1ccc(CN(C)C(=O)c2ccc3nc(N)c4c(c3c2)COC4)nc1. The number of terminal acetylenes is 1. The molecule has 2 N–H and O–H groups in total. The van der Waals surface area contributed by atoms with E-state index < -0.39 is 0 Å². The molecule has 0 spiro atoms. The minimum Gasteiger partial charge on any atom is -0.383 e. The molecule has 1 aliphatic heterocycles. The van der Waals surface area contributed by atoms with Crippen molar-refractivity contribution in [2.75, 3.05) is 12.8 Å². The highest BCUT2D eigenvalue weighted by atomic mass is 16.5. The standard InChI is InChI=1S/C21H18N4O2/c1-3-13-4-6-15(23-9-13)10-25(2)21(26)14-5-7-19-16(8-14)17-11-27-12-18(17)20(22)24-19/h1,4-9H,10-12H2,2H3,(H2,22,24). The summed E-state index contributed by atoms with van der Waals surface area (Å²) in [5.41, 5.74) is 10.8. The van der Waals surface area contributed by atoms with Gasteiger partial charge in [0.15, 0.2) is 0 Å². The zero-order valence-electron chi connectivity index (χ0n) is 14.9. The third kappa shape index (κ3) is 3.09. The lowest BCUT2D eigenvalue weighted by molar-refractivity contribution is 0.0783. The van der Waals surface area contributed by atoms with Crippen LogP contribution in [0.5, 0.6) is 0 Å². The van der Waals surface area contributed by atoms with Gasteiger partial charge in [-0.15, -0.1) is 6.42 Å². The molecule has 4 rings (SSSR count). The van der Waals surface area contributed by atoms with Gasteiger partial charge in [-0.25, -0.2) is 4.98 Å². The second-order valence-electron chi connectivity index (χ2n) is 6.52. The van der Waals surface area contributed by atoms with Crippen molar-refractivity contribution in [3.05, 3.63) is 64.5 Å². The first-order valence-electron chi connectivity index (χ1n) is 8.52. The van der Waals surface area contributed by atoms with E-state index in [1.165, 1.54) is 0 Å². The van der Waals surface area contributed by atoms with Gasteiger partial charge in [0, 0.05) is 35.3 Å². The average Bonchev–Trinajstić information content (AvgIpc) is 3.19. The number of nitrogens with zero attached hydrogens (tertiary/aromatic N) is 3. The zero-order valence-corrected chi connectivity index (χ0v) is 14.9. The van der Waals surface area contributed by atoms with E-state index in [-0.39, 0.29) is 5.91 Å². The quantitative estimate of drug-likeness (QED) is 0.728. The van der Waals surface area contributed by atoms with Crippen molar-refractivity contribution in [2.24, 2.45) is 0 Å². The van der Waals surface area contributed by atoms with E-state index >= 15 is 0 Å². The zero-order chi connectivity index (χ0) is 19.0. The number of anilines is 1. The number of aromatic nitrogens is 2. The first-order valence-corrected chi connectivity index (χ1v) is 8.52. The van der Waals surface area contributed by atoms with Crippen LogP contribution in [0.25, 0.3) is 10.9 Å². The first kappa shape index (κ1) is 17.0. The van der Waals surface area contributed by atoms with Gasteiger partial charge in [-0.3, -0.25) is 9.78 Å². The normalized spacial score (nSPS) is 12.6. The van der Waals surface area contributed by atoms with Gasteiger partial charge in [0.1, 0.15) is 5.82 Å². The van der Waals surface area contributed by atoms with Gasteiger partial charge in [0.25, 0.3) is 5.91 Å². The van der Waals surface area contributed by atoms with Crippen LogP contribution in [0.4, 0.5) is 5.82 Å². The molecule has 27 heavy (non-hydrogen) atoms. The number of fused-ring (bicyclic) bond motifs is 3. The van der Waals surface area contributed by atoms with Gasteiger partial charge in [-0.05, 0) is 35.9 Å². The van der Waals surface area contributed by atoms with E-state index in [4.69, 9.17) is 16.9 Å². The van der Waals surface area contributed by atoms with Crippen molar-refractivity contribution in [2.45, 2.75) is 19.8 Å². The van der Waals surface area contributed by atoms with E-state index in [0.29, 0.717) is 36.7 Å². The Kier molecular flexibility index (Phi) is 4.22. The number of amides is 1. The maximum Gasteiger partial charge on any atom is 0.253 e. The van der Waals surface area contributed by atoms with E-state index in [1.54, 1.807) is 24.2 Å². The summed E-state index contributed by atoms with van der Waals surface area (Å²) in [7, 11) is 1.75. The summed E-state index contributed by atoms with van der Waals surface area (Å²) in [6.45, 7) is 1.34. The maximum atomic E-state index is 12.9. The van der Waals surface area contributed by atoms with Gasteiger partial charge < -0.3 is 15.4 Å². The minimum atomic E-state index is -0.0933. The van der Waals surface area contributed by atoms with E-state index in [0.717, 1.165) is 27.7 Å². The molecule has 1 amide bonds. The van der Waals surface area contributed by atoms with Crippen LogP contribution >= 0.6 is 0 Å². The molecular weight excluding hydrogens is 340 g/mol. The molecule has 0 atom stereocenters. The Morgan fingerprint density at radius 1 is 1.30 bits per heavy atom. The lowest BCUT2D eigenvalue weighted by Gasteiger charge is -2.17. The molecule has 2 aromatic heterocycles. The van der Waals surface area contributed by atoms with Crippen molar-refractivity contribution in [1.82, 2.24) is 14.9 Å². The van der Waals surface area contributed by atoms with Crippen LogP contribution in [0.15, 0.2) is 36.5 Å². The molecule has 0 bridgehead atoms. The molecule has 3 aromatic rings. The molecule has 6 nitrogen and oxygen atoms in total. The van der Waals surface area contributed by atoms with Gasteiger partial charge in [-0.1, -0.05) is 5.92 Å². The molecule has 1 aromatic carbocycles. The highest BCUT2D eigenvalue weighted by Crippen LogP contribution is 2.31. The highest BCUT2D eigenvalue weighted by molar-refractivity contribution is 5.99. The van der Waals surface area contributed by atoms with Crippen molar-refractivity contribution in [3.63, 3.8) is 0 Å². The van der Waals surface area contributed by atoms with E-state index in [9.17, 15) is 4.79 Å². The number of nitrogen functional groups attached to an aromatic ring is 1. The first-order chi connectivity index (χ1) is 13.1. The predicted molar refractivity (Wildman–Crippen MR) is 103 cm³/mol. The maximum absolute atomic E-state index is 12.9. The lowest BCUT2D eigenvalue weighted by Crippen LogP contribution is -2.26. The number of ether oxygens (including phenoxy) is 1. The summed E-state index contributed by atoms with van der Waals surface area (Å²) >= 11 is 0. The molecule has 0 fully saturated rings. The Labute approximate surface area is 157 Å². The van der Waals surface area contributed by atoms with Crippen LogP contribution in [0.2, 0.25) is 0 Å². The van der Waals surface area contributed by atoms with Crippen LogP contribution in [0.3, 0.4) is 0 Å². The molecule has 3 heterocycles. The topological polar surface area (TPSA) is 81.3 Å². The van der Waals surface area contributed by atoms with Crippen molar-refractivity contribution >= 4 is 22.6 Å². The van der Waals surface area contributed by atoms with Gasteiger partial charge >= 0.3 is 0 Å². The fourth-order valence-electron chi connectivity index (χ4n) is 3.24. The van der Waals surface area contributed by atoms with Crippen LogP contribution in [0, 0.1) is 12.3 Å². The lowest BCUT2D eigenvalue weighted by atomic mass is 10.0. The number of rotatable bonds is 3. The summed E-state index contributed by atoms with van der Waals surface area (Å²) in [4.78, 5) is 23.2. The summed E-state index contributed by atoms with van der Waals surface area (Å²) in [6, 6.07) is 9.10. The highest BCUT2D eigenvalue weighted by Gasteiger charge is 2.21. The molecule has 0 saturated heterocycles. The number of carbonyl (C=O) groups is 1. The number of hydrogen-bond acceptors (Lipinski definition) is 5. The summed E-state index contributed by atoms with van der Waals surface area (Å²) < 4.78 is 5.51. The van der Waals surface area contributed by atoms with E-state index in [2.05, 4.69) is 15.9 Å². The molecule has 0 aliphatic carbocycles. The van der Waals surface area contributed by atoms with Gasteiger partial charge in [0.2, 0.25) is 0 Å². The van der Waals surface area contributed by atoms with Crippen LogP contribution in [0.1, 0.15) is 32.7 Å². The minimum absolute atomic E-state index is 0.0933. The van der Waals surface area contributed by atoms with Crippen LogP contribution < -0.4 is 5.73 Å². The Balaban J connectivity index is 1.62. The average molecular weight is 358 g/mol. The number of carbonyl (C=O) groups excluding carboxylic acids is 1. The number of benzene rings is 1. The monoisotopic (exact) mass is 358 g/mol. The fourth-order valence-corrected chi connectivity index (χ4v) is 3.24. The molecule has 0 radical (unpaired) electrons. The van der Waals surface area contributed by atoms with Crippen molar-refractivity contribution in [1.29, 1.82) is 0 Å². The number of pyridine rings is 2. The number of hydrogen-bond donors (Lipinski definition) is 1. The number of nitrogens with two attached hydrogens (primary N) is 1. The van der Waals surface area contributed by atoms with Crippen LogP contribution in [-0.2, 0) is 24.5 Å². The van der Waals surface area contributed by atoms with Crippen molar-refractivity contribution < 1.29 is 9.53 Å². The summed E-state index contributed by atoms with van der Waals surface area (Å²) in [5, 5.41) is 0.910. The fraction of sp³-hybridized carbons (Fsp3) is 0.190. The van der Waals surface area contributed by atoms with E-state index in [1.807, 2.05) is 24.3 Å². The molecule has 0 saturated carbocycles. The molecule has 1 aliphatic rings. The Bertz CT molecular complexity index is 1080. The largest absolute Gasteiger partial charge is 0.383 e.